The maximum absolute atomic E-state index is 2.49. The van der Waals surface area contributed by atoms with E-state index in [4.69, 9.17) is 0 Å². The van der Waals surface area contributed by atoms with Crippen LogP contribution in [0, 0.1) is 0 Å². The van der Waals surface area contributed by atoms with Crippen molar-refractivity contribution in [3.8, 4) is 33.4 Å². The maximum Gasteiger partial charge on any atom is 0.0725 e. The second-order valence-corrected chi connectivity index (χ2v) is 9.17. The van der Waals surface area contributed by atoms with Gasteiger partial charge in [-0.1, -0.05) is 122 Å². The van der Waals surface area contributed by atoms with Crippen LogP contribution in [0.5, 0.6) is 0 Å². The van der Waals surface area contributed by atoms with E-state index in [0.29, 0.717) is 0 Å². The molecule has 1 spiro atoms. The van der Waals surface area contributed by atoms with Crippen molar-refractivity contribution in [3.05, 3.63) is 143 Å². The molecule has 0 aromatic heterocycles. The van der Waals surface area contributed by atoms with Crippen LogP contribution in [0.1, 0.15) is 34.7 Å². The molecule has 0 nitrogen and oxygen atoms in total. The molecule has 0 aliphatic heterocycles. The molecular weight excluding hydrogens is 396 g/mol. The Kier molecular flexibility index (Phi) is 3.84. The van der Waals surface area contributed by atoms with Crippen LogP contribution in [-0.2, 0) is 11.8 Å². The first-order valence-corrected chi connectivity index (χ1v) is 11.9. The normalized spacial score (nSPS) is 14.0. The zero-order chi connectivity index (χ0) is 22.0. The van der Waals surface area contributed by atoms with Crippen LogP contribution in [-0.4, -0.2) is 0 Å². The maximum atomic E-state index is 2.49. The van der Waals surface area contributed by atoms with E-state index < -0.39 is 0 Å². The Labute approximate surface area is 195 Å². The second-order valence-electron chi connectivity index (χ2n) is 9.17. The summed E-state index contributed by atoms with van der Waals surface area (Å²) in [5.41, 5.74) is 14.9. The molecule has 0 N–H and O–H groups in total. The van der Waals surface area contributed by atoms with Gasteiger partial charge in [0.15, 0.2) is 0 Å². The lowest BCUT2D eigenvalue weighted by atomic mass is 9.70. The van der Waals surface area contributed by atoms with Gasteiger partial charge in [0.1, 0.15) is 0 Å². The van der Waals surface area contributed by atoms with Gasteiger partial charge in [-0.3, -0.25) is 0 Å². The Bertz CT molecular complexity index is 1490. The van der Waals surface area contributed by atoms with Crippen molar-refractivity contribution in [2.24, 2.45) is 0 Å². The van der Waals surface area contributed by atoms with Crippen LogP contribution in [0.25, 0.3) is 33.4 Å². The molecular formula is C33H24. The number of benzene rings is 5. The van der Waals surface area contributed by atoms with Gasteiger partial charge in [-0.15, -0.1) is 0 Å². The molecule has 33 heavy (non-hydrogen) atoms. The minimum atomic E-state index is -0.270. The topological polar surface area (TPSA) is 0 Å². The minimum absolute atomic E-state index is 0.270. The monoisotopic (exact) mass is 420 g/mol. The molecule has 5 aromatic rings. The molecule has 0 amide bonds. The first-order chi connectivity index (χ1) is 16.3. The highest BCUT2D eigenvalue weighted by atomic mass is 14.5. The van der Waals surface area contributed by atoms with Crippen LogP contribution in [0.15, 0.2) is 115 Å². The fraction of sp³-hybridized carbons (Fsp3) is 0.0909. The number of rotatable bonds is 2. The van der Waals surface area contributed by atoms with Gasteiger partial charge in [-0.25, -0.2) is 0 Å². The summed E-state index contributed by atoms with van der Waals surface area (Å²) in [6, 6.07) is 42.9. The molecule has 2 aliphatic rings. The molecule has 0 unspecified atom stereocenters. The fourth-order valence-electron chi connectivity index (χ4n) is 6.33. The van der Waals surface area contributed by atoms with Crippen molar-refractivity contribution in [2.75, 3.05) is 0 Å². The zero-order valence-electron chi connectivity index (χ0n) is 18.7. The third-order valence-electron chi connectivity index (χ3n) is 7.65. The molecule has 0 radical (unpaired) electrons. The number of hydrogen-bond acceptors (Lipinski definition) is 0. The van der Waals surface area contributed by atoms with Crippen molar-refractivity contribution in [3.63, 3.8) is 0 Å². The van der Waals surface area contributed by atoms with Gasteiger partial charge >= 0.3 is 0 Å². The van der Waals surface area contributed by atoms with Crippen molar-refractivity contribution in [1.82, 2.24) is 0 Å². The predicted octanol–water partition coefficient (Wildman–Crippen LogP) is 8.26. The summed E-state index contributed by atoms with van der Waals surface area (Å²) in [6.07, 6.45) is 1.02. The lowest BCUT2D eigenvalue weighted by molar-refractivity contribution is 0.791. The highest BCUT2D eigenvalue weighted by molar-refractivity contribution is 6.00. The van der Waals surface area contributed by atoms with Crippen LogP contribution in [0.3, 0.4) is 0 Å². The minimum Gasteiger partial charge on any atom is -0.0622 e. The zero-order valence-corrected chi connectivity index (χ0v) is 18.7. The Morgan fingerprint density at radius 1 is 0.485 bits per heavy atom. The molecule has 0 saturated heterocycles. The summed E-state index contributed by atoms with van der Waals surface area (Å²) < 4.78 is 0. The summed E-state index contributed by atoms with van der Waals surface area (Å²) in [5.74, 6) is 0. The second kappa shape index (κ2) is 6.80. The van der Waals surface area contributed by atoms with Gasteiger partial charge < -0.3 is 0 Å². The van der Waals surface area contributed by atoms with Gasteiger partial charge in [-0.2, -0.15) is 0 Å². The van der Waals surface area contributed by atoms with Crippen molar-refractivity contribution < 1.29 is 0 Å². The van der Waals surface area contributed by atoms with Crippen molar-refractivity contribution in [2.45, 2.75) is 18.8 Å². The molecule has 0 saturated carbocycles. The SMILES string of the molecule is CCc1cc(-c2ccccc2)c2c(c1)C1(c3ccccc3-c3ccccc31)c1ccccc1-2. The Morgan fingerprint density at radius 3 is 1.61 bits per heavy atom. The molecule has 2 aliphatic carbocycles. The van der Waals surface area contributed by atoms with E-state index in [9.17, 15) is 0 Å². The molecule has 0 heteroatoms. The molecule has 5 aromatic carbocycles. The molecule has 156 valence electrons. The number of fused-ring (bicyclic) bond motifs is 10. The first kappa shape index (κ1) is 18.7. The predicted molar refractivity (Wildman–Crippen MR) is 138 cm³/mol. The number of aryl methyl sites for hydroxylation is 1. The summed E-state index contributed by atoms with van der Waals surface area (Å²) in [5, 5.41) is 0. The van der Waals surface area contributed by atoms with Gasteiger partial charge in [0.25, 0.3) is 0 Å². The smallest absolute Gasteiger partial charge is 0.0622 e. The van der Waals surface area contributed by atoms with E-state index in [-0.39, 0.29) is 5.41 Å². The molecule has 0 bridgehead atoms. The van der Waals surface area contributed by atoms with Crippen LogP contribution in [0.2, 0.25) is 0 Å². The highest BCUT2D eigenvalue weighted by Crippen LogP contribution is 2.64. The van der Waals surface area contributed by atoms with Gasteiger partial charge in [0.2, 0.25) is 0 Å². The van der Waals surface area contributed by atoms with Crippen LogP contribution < -0.4 is 0 Å². The van der Waals surface area contributed by atoms with E-state index in [1.54, 1.807) is 0 Å². The van der Waals surface area contributed by atoms with E-state index in [1.807, 2.05) is 0 Å². The lowest BCUT2D eigenvalue weighted by Gasteiger charge is -2.31. The summed E-state index contributed by atoms with van der Waals surface area (Å²) in [7, 11) is 0. The largest absolute Gasteiger partial charge is 0.0725 e. The van der Waals surface area contributed by atoms with E-state index >= 15 is 0 Å². The third kappa shape index (κ3) is 2.31. The average molecular weight is 421 g/mol. The molecule has 7 rings (SSSR count). The van der Waals surface area contributed by atoms with Gasteiger partial charge in [0, 0.05) is 0 Å². The van der Waals surface area contributed by atoms with E-state index in [1.165, 1.54) is 61.2 Å². The average Bonchev–Trinajstić information content (AvgIpc) is 3.36. The Balaban J connectivity index is 1.70. The molecule has 0 fully saturated rings. The number of hydrogen-bond donors (Lipinski definition) is 0. The van der Waals surface area contributed by atoms with Crippen LogP contribution in [0.4, 0.5) is 0 Å². The van der Waals surface area contributed by atoms with Crippen LogP contribution >= 0.6 is 0 Å². The van der Waals surface area contributed by atoms with E-state index in [0.717, 1.165) is 6.42 Å². The van der Waals surface area contributed by atoms with Gasteiger partial charge in [-0.05, 0) is 67.6 Å². The summed E-state index contributed by atoms with van der Waals surface area (Å²) in [6.45, 7) is 2.27. The lowest BCUT2D eigenvalue weighted by Crippen LogP contribution is -2.26. The highest BCUT2D eigenvalue weighted by Gasteiger charge is 2.52. The summed E-state index contributed by atoms with van der Waals surface area (Å²) in [4.78, 5) is 0. The quantitative estimate of drug-likeness (QED) is 0.264. The Hall–Kier alpha value is -3.90. The Morgan fingerprint density at radius 2 is 1.00 bits per heavy atom. The van der Waals surface area contributed by atoms with E-state index in [2.05, 4.69) is 122 Å². The standard InChI is InChI=1S/C33H24/c1-2-22-20-27(23-12-4-3-5-13-23)32-26-16-8-11-19-30(26)33(31(32)21-22)28-17-9-6-14-24(28)25-15-7-10-18-29(25)33/h3-21H,2H2,1H3. The molecule has 0 atom stereocenters. The van der Waals surface area contributed by atoms with Crippen molar-refractivity contribution in [1.29, 1.82) is 0 Å². The first-order valence-electron chi connectivity index (χ1n) is 11.9. The van der Waals surface area contributed by atoms with Crippen molar-refractivity contribution >= 4 is 0 Å². The third-order valence-corrected chi connectivity index (χ3v) is 7.65. The summed E-state index contributed by atoms with van der Waals surface area (Å²) >= 11 is 0. The molecule has 0 heterocycles. The fourth-order valence-corrected chi connectivity index (χ4v) is 6.33. The van der Waals surface area contributed by atoms with Gasteiger partial charge in [0.05, 0.1) is 5.41 Å².